The molecule has 0 atom stereocenters. The Kier molecular flexibility index (Phi) is 9.55. The zero-order chi connectivity index (χ0) is 13.8. The Bertz CT molecular complexity index is 350. The molecule has 0 aromatic carbocycles. The molecule has 0 aromatic heterocycles. The lowest BCUT2D eigenvalue weighted by Crippen LogP contribution is -2.07. The SMILES string of the molecule is CC.CN(C)C=N/C(=C\C=O)CC1=CCCC=C1. The van der Waals surface area contributed by atoms with Crippen molar-refractivity contribution >= 4 is 12.6 Å². The van der Waals surface area contributed by atoms with Gasteiger partial charge in [-0.1, -0.05) is 32.1 Å². The van der Waals surface area contributed by atoms with E-state index < -0.39 is 0 Å². The molecule has 1 aliphatic carbocycles. The molecule has 0 spiro atoms. The summed E-state index contributed by atoms with van der Waals surface area (Å²) in [6.45, 7) is 4.00. The lowest BCUT2D eigenvalue weighted by molar-refractivity contribution is -0.104. The zero-order valence-corrected chi connectivity index (χ0v) is 11.9. The summed E-state index contributed by atoms with van der Waals surface area (Å²) in [5.41, 5.74) is 2.02. The minimum absolute atomic E-state index is 0.722. The number of allylic oxidation sites excluding steroid dienone is 5. The maximum Gasteiger partial charge on any atom is 0.144 e. The molecule has 0 N–H and O–H groups in total. The summed E-state index contributed by atoms with van der Waals surface area (Å²) >= 11 is 0. The number of aldehydes is 1. The summed E-state index contributed by atoms with van der Waals surface area (Å²) < 4.78 is 0. The Morgan fingerprint density at radius 2 is 2.11 bits per heavy atom. The van der Waals surface area contributed by atoms with Crippen LogP contribution >= 0.6 is 0 Å². The van der Waals surface area contributed by atoms with E-state index in [2.05, 4.69) is 23.2 Å². The summed E-state index contributed by atoms with van der Waals surface area (Å²) in [7, 11) is 3.81. The van der Waals surface area contributed by atoms with Crippen LogP contribution in [0.1, 0.15) is 33.1 Å². The molecule has 0 saturated heterocycles. The van der Waals surface area contributed by atoms with Gasteiger partial charge in [0.15, 0.2) is 0 Å². The summed E-state index contributed by atoms with van der Waals surface area (Å²) in [5.74, 6) is 0. The molecule has 3 nitrogen and oxygen atoms in total. The molecular formula is C15H24N2O. The molecule has 1 aliphatic rings. The van der Waals surface area contributed by atoms with Gasteiger partial charge in [0.05, 0.1) is 6.34 Å². The van der Waals surface area contributed by atoms with E-state index in [1.165, 1.54) is 11.6 Å². The first-order valence-corrected chi connectivity index (χ1v) is 6.43. The summed E-state index contributed by atoms with van der Waals surface area (Å²) in [6.07, 6.45) is 13.4. The Labute approximate surface area is 111 Å². The molecule has 1 rings (SSSR count). The van der Waals surface area contributed by atoms with Gasteiger partial charge in [0.2, 0.25) is 0 Å². The summed E-state index contributed by atoms with van der Waals surface area (Å²) in [4.78, 5) is 16.6. The highest BCUT2D eigenvalue weighted by atomic mass is 16.1. The second kappa shape index (κ2) is 10.5. The second-order valence-corrected chi connectivity index (χ2v) is 3.94. The molecule has 0 bridgehead atoms. The van der Waals surface area contributed by atoms with Crippen LogP contribution in [0.3, 0.4) is 0 Å². The van der Waals surface area contributed by atoms with Gasteiger partial charge in [0, 0.05) is 26.2 Å². The molecule has 0 saturated carbocycles. The first-order chi connectivity index (χ1) is 8.72. The lowest BCUT2D eigenvalue weighted by Gasteiger charge is -2.08. The Hall–Kier alpha value is -1.64. The van der Waals surface area contributed by atoms with E-state index in [9.17, 15) is 4.79 Å². The van der Waals surface area contributed by atoms with Crippen molar-refractivity contribution in [2.45, 2.75) is 33.1 Å². The van der Waals surface area contributed by atoms with Crippen LogP contribution < -0.4 is 0 Å². The standard InChI is InChI=1S/C13H18N2O.C2H6/c1-15(2)11-14-13(8-9-16)10-12-6-4-3-5-7-12;1-2/h4,6-9,11H,3,5,10H2,1-2H3;1-2H3/b13-8-,14-11?;. The minimum atomic E-state index is 0.722. The number of aliphatic imine (C=N–C) groups is 1. The average molecular weight is 248 g/mol. The van der Waals surface area contributed by atoms with Crippen molar-refractivity contribution in [3.63, 3.8) is 0 Å². The van der Waals surface area contributed by atoms with Crippen molar-refractivity contribution in [3.8, 4) is 0 Å². The van der Waals surface area contributed by atoms with Crippen LogP contribution in [0, 0.1) is 0 Å². The van der Waals surface area contributed by atoms with Gasteiger partial charge in [-0.15, -0.1) is 0 Å². The normalized spacial score (nSPS) is 14.9. The smallest absolute Gasteiger partial charge is 0.144 e. The van der Waals surface area contributed by atoms with Gasteiger partial charge in [-0.2, -0.15) is 0 Å². The first-order valence-electron chi connectivity index (χ1n) is 6.43. The van der Waals surface area contributed by atoms with Crippen LogP contribution in [0.25, 0.3) is 0 Å². The van der Waals surface area contributed by atoms with E-state index in [1.54, 1.807) is 6.34 Å². The number of carbonyl (C=O) groups is 1. The van der Waals surface area contributed by atoms with E-state index in [1.807, 2.05) is 32.8 Å². The molecule has 0 aromatic rings. The molecule has 18 heavy (non-hydrogen) atoms. The van der Waals surface area contributed by atoms with Crippen LogP contribution in [0.5, 0.6) is 0 Å². The van der Waals surface area contributed by atoms with Gasteiger partial charge < -0.3 is 4.90 Å². The van der Waals surface area contributed by atoms with E-state index in [4.69, 9.17) is 0 Å². The lowest BCUT2D eigenvalue weighted by atomic mass is 10.0. The maximum absolute atomic E-state index is 10.5. The van der Waals surface area contributed by atoms with Crippen LogP contribution in [0.4, 0.5) is 0 Å². The molecule has 100 valence electrons. The number of hydrogen-bond donors (Lipinski definition) is 0. The van der Waals surface area contributed by atoms with E-state index in [0.29, 0.717) is 0 Å². The van der Waals surface area contributed by atoms with Crippen molar-refractivity contribution in [1.82, 2.24) is 4.90 Å². The van der Waals surface area contributed by atoms with Gasteiger partial charge in [-0.05, 0) is 24.5 Å². The van der Waals surface area contributed by atoms with Crippen LogP contribution in [-0.4, -0.2) is 31.6 Å². The molecule has 0 unspecified atom stereocenters. The van der Waals surface area contributed by atoms with Gasteiger partial charge in [0.25, 0.3) is 0 Å². The van der Waals surface area contributed by atoms with Crippen LogP contribution in [-0.2, 0) is 4.79 Å². The third kappa shape index (κ3) is 7.60. The van der Waals surface area contributed by atoms with Crippen molar-refractivity contribution in [2.24, 2.45) is 4.99 Å². The fourth-order valence-corrected chi connectivity index (χ4v) is 1.42. The highest BCUT2D eigenvalue weighted by Crippen LogP contribution is 2.18. The van der Waals surface area contributed by atoms with Gasteiger partial charge >= 0.3 is 0 Å². The Morgan fingerprint density at radius 1 is 1.39 bits per heavy atom. The topological polar surface area (TPSA) is 32.7 Å². The molecular weight excluding hydrogens is 224 g/mol. The number of hydrogen-bond acceptors (Lipinski definition) is 2. The predicted octanol–water partition coefficient (Wildman–Crippen LogP) is 3.35. The van der Waals surface area contributed by atoms with Crippen LogP contribution in [0.2, 0.25) is 0 Å². The van der Waals surface area contributed by atoms with E-state index >= 15 is 0 Å². The average Bonchev–Trinajstić information content (AvgIpc) is 2.40. The highest BCUT2D eigenvalue weighted by molar-refractivity contribution is 5.67. The summed E-state index contributed by atoms with van der Waals surface area (Å²) in [5, 5.41) is 0. The molecule has 0 heterocycles. The molecule has 0 radical (unpaired) electrons. The van der Waals surface area contributed by atoms with E-state index in [0.717, 1.165) is 31.2 Å². The summed E-state index contributed by atoms with van der Waals surface area (Å²) in [6, 6.07) is 0. The fraction of sp³-hybridized carbons (Fsp3) is 0.467. The maximum atomic E-state index is 10.5. The molecule has 0 fully saturated rings. The number of carbonyl (C=O) groups excluding carboxylic acids is 1. The van der Waals surface area contributed by atoms with Crippen molar-refractivity contribution in [1.29, 1.82) is 0 Å². The van der Waals surface area contributed by atoms with Crippen molar-refractivity contribution in [2.75, 3.05) is 14.1 Å². The van der Waals surface area contributed by atoms with Crippen molar-refractivity contribution < 1.29 is 4.79 Å². The van der Waals surface area contributed by atoms with Gasteiger partial charge in [0.1, 0.15) is 6.29 Å². The largest absolute Gasteiger partial charge is 0.369 e. The quantitative estimate of drug-likeness (QED) is 0.323. The zero-order valence-electron chi connectivity index (χ0n) is 11.9. The minimum Gasteiger partial charge on any atom is -0.369 e. The number of nitrogens with zero attached hydrogens (tertiary/aromatic N) is 2. The van der Waals surface area contributed by atoms with Crippen LogP contribution in [0.15, 0.2) is 40.6 Å². The molecule has 0 amide bonds. The third-order valence-corrected chi connectivity index (χ3v) is 2.17. The Morgan fingerprint density at radius 3 is 2.61 bits per heavy atom. The van der Waals surface area contributed by atoms with Gasteiger partial charge in [-0.3, -0.25) is 4.79 Å². The molecule has 3 heteroatoms. The highest BCUT2D eigenvalue weighted by Gasteiger charge is 2.01. The monoisotopic (exact) mass is 248 g/mol. The predicted molar refractivity (Wildman–Crippen MR) is 78.7 cm³/mol. The third-order valence-electron chi connectivity index (χ3n) is 2.17. The Balaban J connectivity index is 0.00000137. The van der Waals surface area contributed by atoms with Gasteiger partial charge in [-0.25, -0.2) is 4.99 Å². The molecule has 0 aliphatic heterocycles. The van der Waals surface area contributed by atoms with E-state index in [-0.39, 0.29) is 0 Å². The number of rotatable bonds is 5. The van der Waals surface area contributed by atoms with Crippen molar-refractivity contribution in [3.05, 3.63) is 35.6 Å². The second-order valence-electron chi connectivity index (χ2n) is 3.94. The fourth-order valence-electron chi connectivity index (χ4n) is 1.42. The first kappa shape index (κ1) is 16.4.